The van der Waals surface area contributed by atoms with Crippen molar-refractivity contribution in [2.75, 3.05) is 13.6 Å². The van der Waals surface area contributed by atoms with Crippen molar-refractivity contribution < 1.29 is 0 Å². The summed E-state index contributed by atoms with van der Waals surface area (Å²) in [6.45, 7) is 9.08. The van der Waals surface area contributed by atoms with E-state index < -0.39 is 0 Å². The number of aromatic nitrogens is 2. The fraction of sp³-hybridized carbons (Fsp3) is 0.588. The maximum Gasteiger partial charge on any atom is 0.0679 e. The fourth-order valence-electron chi connectivity index (χ4n) is 2.43. The van der Waals surface area contributed by atoms with Gasteiger partial charge in [-0.25, -0.2) is 0 Å². The predicted molar refractivity (Wildman–Crippen MR) is 91.5 cm³/mol. The van der Waals surface area contributed by atoms with Crippen molar-refractivity contribution in [3.05, 3.63) is 30.0 Å². The van der Waals surface area contributed by atoms with Gasteiger partial charge in [-0.05, 0) is 45.0 Å². The van der Waals surface area contributed by atoms with Crippen LogP contribution in [0.4, 0.5) is 0 Å². The van der Waals surface area contributed by atoms with Crippen molar-refractivity contribution in [2.24, 2.45) is 12.8 Å². The van der Waals surface area contributed by atoms with Crippen LogP contribution in [-0.4, -0.2) is 40.4 Å². The van der Waals surface area contributed by atoms with Gasteiger partial charge in [-0.15, -0.1) is 0 Å². The first kappa shape index (κ1) is 17.7. The molecule has 0 fully saturated rings. The van der Waals surface area contributed by atoms with Crippen LogP contribution in [0.1, 0.15) is 33.3 Å². The molecule has 0 spiro atoms. The molecule has 1 heterocycles. The van der Waals surface area contributed by atoms with Gasteiger partial charge in [0.05, 0.1) is 11.7 Å². The van der Waals surface area contributed by atoms with Crippen LogP contribution in [0.2, 0.25) is 0 Å². The van der Waals surface area contributed by atoms with E-state index in [1.165, 1.54) is 16.5 Å². The third-order valence-electron chi connectivity index (χ3n) is 3.94. The molecule has 1 aromatic carbocycles. The van der Waals surface area contributed by atoms with E-state index in [0.717, 1.165) is 6.42 Å². The van der Waals surface area contributed by atoms with Crippen molar-refractivity contribution in [3.8, 4) is 0 Å². The van der Waals surface area contributed by atoms with Gasteiger partial charge >= 0.3 is 0 Å². The van der Waals surface area contributed by atoms with Crippen LogP contribution in [-0.2, 0) is 13.5 Å². The molecule has 21 heavy (non-hydrogen) atoms. The molecule has 4 heteroatoms. The number of nitrogens with two attached hydrogens (primary N) is 1. The van der Waals surface area contributed by atoms with E-state index in [1.807, 2.05) is 31.8 Å². The van der Waals surface area contributed by atoms with Gasteiger partial charge in [-0.3, -0.25) is 9.58 Å². The highest BCUT2D eigenvalue weighted by atomic mass is 15.2. The Balaban J connectivity index is 0.00000106. The largest absolute Gasteiger partial charge is 0.329 e. The van der Waals surface area contributed by atoms with Crippen LogP contribution in [0.15, 0.2) is 24.4 Å². The second-order valence-electron chi connectivity index (χ2n) is 5.51. The van der Waals surface area contributed by atoms with Crippen LogP contribution >= 0.6 is 0 Å². The number of rotatable bonds is 5. The zero-order valence-electron chi connectivity index (χ0n) is 14.3. The Bertz CT molecular complexity index is 545. The second kappa shape index (κ2) is 8.15. The van der Waals surface area contributed by atoms with Crippen molar-refractivity contribution in [1.29, 1.82) is 0 Å². The first-order valence-corrected chi connectivity index (χ1v) is 7.85. The summed E-state index contributed by atoms with van der Waals surface area (Å²) >= 11 is 0. The smallest absolute Gasteiger partial charge is 0.0679 e. The molecule has 1 unspecified atom stereocenters. The zero-order valence-corrected chi connectivity index (χ0v) is 14.3. The van der Waals surface area contributed by atoms with Gasteiger partial charge in [0.15, 0.2) is 0 Å². The lowest BCUT2D eigenvalue weighted by atomic mass is 10.0. The van der Waals surface area contributed by atoms with E-state index >= 15 is 0 Å². The molecule has 0 saturated heterocycles. The van der Waals surface area contributed by atoms with Crippen molar-refractivity contribution >= 4 is 10.9 Å². The average molecular weight is 290 g/mol. The molecule has 0 bridgehead atoms. The van der Waals surface area contributed by atoms with Gasteiger partial charge in [-0.1, -0.05) is 19.9 Å². The monoisotopic (exact) mass is 290 g/mol. The Hall–Kier alpha value is -1.39. The fourth-order valence-corrected chi connectivity index (χ4v) is 2.43. The maximum atomic E-state index is 5.92. The minimum absolute atomic E-state index is 0.383. The van der Waals surface area contributed by atoms with Gasteiger partial charge in [0.25, 0.3) is 0 Å². The Labute approximate surface area is 128 Å². The van der Waals surface area contributed by atoms with Crippen molar-refractivity contribution in [2.45, 2.75) is 46.2 Å². The Morgan fingerprint density at radius 3 is 2.52 bits per heavy atom. The summed E-state index contributed by atoms with van der Waals surface area (Å²) in [7, 11) is 4.11. The number of likely N-dealkylation sites (N-methyl/N-ethyl adjacent to an activating group) is 1. The Kier molecular flexibility index (Phi) is 6.85. The summed E-state index contributed by atoms with van der Waals surface area (Å²) in [6, 6.07) is 7.44. The minimum atomic E-state index is 0.383. The van der Waals surface area contributed by atoms with E-state index in [0.29, 0.717) is 18.6 Å². The number of benzene rings is 1. The van der Waals surface area contributed by atoms with Crippen LogP contribution in [0.25, 0.3) is 10.9 Å². The zero-order chi connectivity index (χ0) is 16.0. The molecule has 1 atom stereocenters. The van der Waals surface area contributed by atoms with Crippen LogP contribution in [0, 0.1) is 0 Å². The summed E-state index contributed by atoms with van der Waals surface area (Å²) < 4.78 is 1.90. The number of hydrogen-bond acceptors (Lipinski definition) is 3. The molecule has 2 rings (SSSR count). The van der Waals surface area contributed by atoms with Gasteiger partial charge in [0, 0.05) is 31.1 Å². The Morgan fingerprint density at radius 2 is 1.95 bits per heavy atom. The molecule has 0 aliphatic heterocycles. The molecule has 0 aliphatic rings. The summed E-state index contributed by atoms with van der Waals surface area (Å²) in [5.74, 6) is 0. The van der Waals surface area contributed by atoms with Gasteiger partial charge in [-0.2, -0.15) is 5.10 Å². The summed E-state index contributed by atoms with van der Waals surface area (Å²) in [6.07, 6.45) is 2.90. The third-order valence-corrected chi connectivity index (χ3v) is 3.94. The molecule has 0 amide bonds. The molecule has 1 aromatic heterocycles. The van der Waals surface area contributed by atoms with Crippen LogP contribution in [0.3, 0.4) is 0 Å². The minimum Gasteiger partial charge on any atom is -0.329 e. The van der Waals surface area contributed by atoms with Crippen molar-refractivity contribution in [1.82, 2.24) is 14.7 Å². The third kappa shape index (κ3) is 4.29. The van der Waals surface area contributed by atoms with Crippen LogP contribution in [0.5, 0.6) is 0 Å². The first-order valence-electron chi connectivity index (χ1n) is 7.85. The number of hydrogen-bond donors (Lipinski definition) is 1. The van der Waals surface area contributed by atoms with Gasteiger partial charge < -0.3 is 5.73 Å². The van der Waals surface area contributed by atoms with Crippen LogP contribution < -0.4 is 5.73 Å². The lowest BCUT2D eigenvalue weighted by Crippen LogP contribution is -2.43. The van der Waals surface area contributed by atoms with E-state index in [4.69, 9.17) is 5.73 Å². The van der Waals surface area contributed by atoms with Crippen molar-refractivity contribution in [3.63, 3.8) is 0 Å². The highest BCUT2D eigenvalue weighted by molar-refractivity contribution is 5.79. The first-order chi connectivity index (χ1) is 10.0. The van der Waals surface area contributed by atoms with Gasteiger partial charge in [0.2, 0.25) is 0 Å². The van der Waals surface area contributed by atoms with E-state index in [9.17, 15) is 0 Å². The standard InChI is InChI=1S/C15H24N4.C2H6/c1-11(2)18(3)14(9-16)8-12-5-6-15-13(7-12)10-17-19(15)4;1-2/h5-7,10-11,14H,8-9,16H2,1-4H3;1-2H3. The van der Waals surface area contributed by atoms with E-state index in [-0.39, 0.29) is 0 Å². The topological polar surface area (TPSA) is 47.1 Å². The maximum absolute atomic E-state index is 5.92. The molecular formula is C17H30N4. The normalized spacial score (nSPS) is 12.6. The Morgan fingerprint density at radius 1 is 1.29 bits per heavy atom. The quantitative estimate of drug-likeness (QED) is 0.921. The average Bonchev–Trinajstić information content (AvgIpc) is 2.87. The lowest BCUT2D eigenvalue weighted by Gasteiger charge is -2.30. The van der Waals surface area contributed by atoms with E-state index in [1.54, 1.807) is 0 Å². The highest BCUT2D eigenvalue weighted by Gasteiger charge is 2.16. The molecule has 0 aliphatic carbocycles. The number of fused-ring (bicyclic) bond motifs is 1. The second-order valence-corrected chi connectivity index (χ2v) is 5.51. The molecular weight excluding hydrogens is 260 g/mol. The molecule has 118 valence electrons. The predicted octanol–water partition coefficient (Wildman–Crippen LogP) is 2.81. The number of aryl methyl sites for hydroxylation is 1. The summed E-state index contributed by atoms with van der Waals surface area (Å²) in [4.78, 5) is 2.34. The van der Waals surface area contributed by atoms with E-state index in [2.05, 4.69) is 49.1 Å². The van der Waals surface area contributed by atoms with Gasteiger partial charge in [0.1, 0.15) is 0 Å². The molecule has 4 nitrogen and oxygen atoms in total. The summed E-state index contributed by atoms with van der Waals surface area (Å²) in [5.41, 5.74) is 8.41. The highest BCUT2D eigenvalue weighted by Crippen LogP contribution is 2.17. The molecule has 2 N–H and O–H groups in total. The molecule has 0 radical (unpaired) electrons. The molecule has 2 aromatic rings. The summed E-state index contributed by atoms with van der Waals surface area (Å²) in [5, 5.41) is 5.48. The SMILES string of the molecule is CC.CC(C)N(C)C(CN)Cc1ccc2c(cnn2C)c1. The molecule has 0 saturated carbocycles. The number of nitrogens with zero attached hydrogens (tertiary/aromatic N) is 3. The lowest BCUT2D eigenvalue weighted by molar-refractivity contribution is 0.198.